The van der Waals surface area contributed by atoms with Gasteiger partial charge >= 0.3 is 5.97 Å². The SMILES string of the molecule is C=CCCCCOC(=O)[C@@H]1[C@H]2C(=O)N(CCCCO)C(C(=O)N(CC=C)c3c(C)cccc3C)C23CC[C@@]1(C)O3. The summed E-state index contributed by atoms with van der Waals surface area (Å²) < 4.78 is 12.4. The summed E-state index contributed by atoms with van der Waals surface area (Å²) >= 11 is 0. The number of carbonyl (C=O) groups excluding carboxylic acids is 3. The lowest BCUT2D eigenvalue weighted by molar-refractivity contribution is -0.159. The second-order valence-electron chi connectivity index (χ2n) is 11.6. The molecule has 3 heterocycles. The maximum Gasteiger partial charge on any atom is 0.312 e. The first-order valence-electron chi connectivity index (χ1n) is 14.5. The first-order valence-corrected chi connectivity index (χ1v) is 14.5. The number of anilines is 1. The molecule has 2 amide bonds. The summed E-state index contributed by atoms with van der Waals surface area (Å²) in [5, 5.41) is 9.42. The van der Waals surface area contributed by atoms with E-state index in [-0.39, 0.29) is 31.6 Å². The van der Waals surface area contributed by atoms with Crippen molar-refractivity contribution in [3.63, 3.8) is 0 Å². The fraction of sp³-hybridized carbons (Fsp3) is 0.594. The molecule has 1 spiro atoms. The second kappa shape index (κ2) is 12.3. The molecule has 8 nitrogen and oxygen atoms in total. The number of aliphatic hydroxyl groups is 1. The Hall–Kier alpha value is -2.97. The molecule has 3 aliphatic rings. The molecule has 4 rings (SSSR count). The van der Waals surface area contributed by atoms with Crippen molar-refractivity contribution in [1.29, 1.82) is 0 Å². The summed E-state index contributed by atoms with van der Waals surface area (Å²) in [4.78, 5) is 45.6. The number of aryl methyl sites for hydroxylation is 2. The highest BCUT2D eigenvalue weighted by atomic mass is 16.6. The molecule has 0 aromatic heterocycles. The Labute approximate surface area is 238 Å². The van der Waals surface area contributed by atoms with Crippen LogP contribution in [0.2, 0.25) is 0 Å². The molecule has 3 saturated heterocycles. The van der Waals surface area contributed by atoms with Gasteiger partial charge in [0.15, 0.2) is 0 Å². The number of fused-ring (bicyclic) bond motifs is 1. The molecule has 40 heavy (non-hydrogen) atoms. The van der Waals surface area contributed by atoms with E-state index in [1.54, 1.807) is 15.9 Å². The van der Waals surface area contributed by atoms with Crippen LogP contribution in [0, 0.1) is 25.7 Å². The summed E-state index contributed by atoms with van der Waals surface area (Å²) in [6, 6.07) is 4.99. The first-order chi connectivity index (χ1) is 19.2. The zero-order valence-corrected chi connectivity index (χ0v) is 24.2. The highest BCUT2D eigenvalue weighted by Gasteiger charge is 2.78. The molecule has 2 unspecified atom stereocenters. The largest absolute Gasteiger partial charge is 0.465 e. The van der Waals surface area contributed by atoms with Crippen molar-refractivity contribution in [1.82, 2.24) is 4.90 Å². The van der Waals surface area contributed by atoms with Crippen LogP contribution in [0.1, 0.15) is 63.0 Å². The van der Waals surface area contributed by atoms with E-state index in [2.05, 4.69) is 13.2 Å². The summed E-state index contributed by atoms with van der Waals surface area (Å²) in [6.07, 6.45) is 8.06. The van der Waals surface area contributed by atoms with E-state index in [1.165, 1.54) is 0 Å². The van der Waals surface area contributed by atoms with Gasteiger partial charge < -0.3 is 24.4 Å². The van der Waals surface area contributed by atoms with Crippen LogP contribution in [0.15, 0.2) is 43.5 Å². The standard InChI is InChI=1S/C32H44N2O6/c1-6-8-9-12-21-39-30(38)25-24-28(36)34(19-10-11-20-35)27(32(24)17-16-31(25,5)40-32)29(37)33(18-7-2)26-22(3)14-13-15-23(26)4/h6-7,13-15,24-25,27,35H,1-2,8-12,16-21H2,3-5H3/t24-,25-,27?,31+,32?/m0/s1. The number of esters is 1. The molecule has 218 valence electrons. The first kappa shape index (κ1) is 30.0. The van der Waals surface area contributed by atoms with Crippen LogP contribution < -0.4 is 4.90 Å². The monoisotopic (exact) mass is 552 g/mol. The van der Waals surface area contributed by atoms with E-state index in [1.807, 2.05) is 45.0 Å². The van der Waals surface area contributed by atoms with Gasteiger partial charge in [-0.2, -0.15) is 0 Å². The minimum Gasteiger partial charge on any atom is -0.465 e. The minimum atomic E-state index is -1.12. The number of amides is 2. The van der Waals surface area contributed by atoms with Crippen molar-refractivity contribution >= 4 is 23.5 Å². The topological polar surface area (TPSA) is 96.4 Å². The van der Waals surface area contributed by atoms with E-state index in [4.69, 9.17) is 9.47 Å². The average molecular weight is 553 g/mol. The molecule has 0 saturated carbocycles. The molecule has 2 bridgehead atoms. The van der Waals surface area contributed by atoms with Crippen LogP contribution in [0.3, 0.4) is 0 Å². The normalized spacial score (nSPS) is 28.4. The van der Waals surface area contributed by atoms with Crippen molar-refractivity contribution in [2.24, 2.45) is 11.8 Å². The fourth-order valence-corrected chi connectivity index (χ4v) is 7.15. The molecule has 0 radical (unpaired) electrons. The summed E-state index contributed by atoms with van der Waals surface area (Å²) in [6.45, 7) is 14.3. The molecule has 3 aliphatic heterocycles. The molecule has 1 aromatic rings. The maximum atomic E-state index is 14.6. The Morgan fingerprint density at radius 3 is 2.52 bits per heavy atom. The van der Waals surface area contributed by atoms with Gasteiger partial charge in [0.2, 0.25) is 5.91 Å². The van der Waals surface area contributed by atoms with Crippen LogP contribution in [-0.2, 0) is 23.9 Å². The number of unbranched alkanes of at least 4 members (excludes halogenated alkanes) is 3. The zero-order valence-electron chi connectivity index (χ0n) is 24.2. The number of likely N-dealkylation sites (tertiary alicyclic amines) is 1. The van der Waals surface area contributed by atoms with Crippen LogP contribution in [0.25, 0.3) is 0 Å². The average Bonchev–Trinajstić information content (AvgIpc) is 3.48. The lowest BCUT2D eigenvalue weighted by atomic mass is 9.66. The molecule has 3 fully saturated rings. The molecular weight excluding hydrogens is 508 g/mol. The lowest BCUT2D eigenvalue weighted by Crippen LogP contribution is -2.56. The number of benzene rings is 1. The Morgan fingerprint density at radius 2 is 1.88 bits per heavy atom. The number of rotatable bonds is 14. The molecule has 8 heteroatoms. The third-order valence-corrected chi connectivity index (χ3v) is 8.91. The maximum absolute atomic E-state index is 14.6. The van der Waals surface area contributed by atoms with Crippen molar-refractivity contribution in [3.05, 3.63) is 54.6 Å². The van der Waals surface area contributed by atoms with Gasteiger partial charge in [0.05, 0.1) is 18.1 Å². The molecule has 1 N–H and O–H groups in total. The van der Waals surface area contributed by atoms with E-state index in [0.717, 1.165) is 29.7 Å². The zero-order chi connectivity index (χ0) is 29.1. The molecule has 0 aliphatic carbocycles. The molecule has 5 atom stereocenters. The third-order valence-electron chi connectivity index (χ3n) is 8.91. The van der Waals surface area contributed by atoms with Gasteiger partial charge in [-0.15, -0.1) is 13.2 Å². The Balaban J connectivity index is 1.72. The Bertz CT molecular complexity index is 1130. The number of aliphatic hydroxyl groups excluding tert-OH is 1. The van der Waals surface area contributed by atoms with Crippen LogP contribution >= 0.6 is 0 Å². The predicted molar refractivity (Wildman–Crippen MR) is 154 cm³/mol. The number of ether oxygens (including phenoxy) is 2. The van der Waals surface area contributed by atoms with Crippen molar-refractivity contribution in [3.8, 4) is 0 Å². The number of hydrogen-bond acceptors (Lipinski definition) is 6. The quantitative estimate of drug-likeness (QED) is 0.211. The van der Waals surface area contributed by atoms with Crippen LogP contribution in [-0.4, -0.2) is 71.3 Å². The second-order valence-corrected chi connectivity index (χ2v) is 11.6. The smallest absolute Gasteiger partial charge is 0.312 e. The van der Waals surface area contributed by atoms with E-state index >= 15 is 0 Å². The number of nitrogens with zero attached hydrogens (tertiary/aromatic N) is 2. The van der Waals surface area contributed by atoms with Gasteiger partial charge in [-0.3, -0.25) is 14.4 Å². The van der Waals surface area contributed by atoms with Gasteiger partial charge in [0.1, 0.15) is 17.6 Å². The Morgan fingerprint density at radius 1 is 1.15 bits per heavy atom. The summed E-state index contributed by atoms with van der Waals surface area (Å²) in [7, 11) is 0. The minimum absolute atomic E-state index is 0.00438. The van der Waals surface area contributed by atoms with Gasteiger partial charge in [-0.05, 0) is 76.8 Å². The van der Waals surface area contributed by atoms with Gasteiger partial charge in [-0.25, -0.2) is 0 Å². The van der Waals surface area contributed by atoms with Gasteiger partial charge in [-0.1, -0.05) is 30.4 Å². The van der Waals surface area contributed by atoms with E-state index in [9.17, 15) is 19.5 Å². The van der Waals surface area contributed by atoms with Gasteiger partial charge in [0.25, 0.3) is 5.91 Å². The summed E-state index contributed by atoms with van der Waals surface area (Å²) in [5.41, 5.74) is 0.689. The summed E-state index contributed by atoms with van der Waals surface area (Å²) in [5.74, 6) is -2.48. The highest BCUT2D eigenvalue weighted by Crippen LogP contribution is 2.63. The van der Waals surface area contributed by atoms with Crippen LogP contribution in [0.4, 0.5) is 5.69 Å². The van der Waals surface area contributed by atoms with Crippen molar-refractivity contribution in [2.45, 2.75) is 83.0 Å². The number of hydrogen-bond donors (Lipinski definition) is 1. The van der Waals surface area contributed by atoms with Crippen molar-refractivity contribution in [2.75, 3.05) is 31.2 Å². The van der Waals surface area contributed by atoms with E-state index in [0.29, 0.717) is 38.6 Å². The van der Waals surface area contributed by atoms with Crippen molar-refractivity contribution < 1.29 is 29.0 Å². The highest BCUT2D eigenvalue weighted by molar-refractivity contribution is 6.05. The fourth-order valence-electron chi connectivity index (χ4n) is 7.15. The number of allylic oxidation sites excluding steroid dienone is 1. The molecular formula is C32H44N2O6. The van der Waals surface area contributed by atoms with Crippen LogP contribution in [0.5, 0.6) is 0 Å². The van der Waals surface area contributed by atoms with Gasteiger partial charge in [0, 0.05) is 25.4 Å². The predicted octanol–water partition coefficient (Wildman–Crippen LogP) is 4.26. The Kier molecular flexibility index (Phi) is 9.20. The lowest BCUT2D eigenvalue weighted by Gasteiger charge is -2.37. The third kappa shape index (κ3) is 5.12. The number of carbonyl (C=O) groups is 3. The number of para-hydroxylation sites is 1. The van der Waals surface area contributed by atoms with E-state index < -0.39 is 35.0 Å². The molecule has 1 aromatic carbocycles.